The second kappa shape index (κ2) is 7.92. The highest BCUT2D eigenvalue weighted by Gasteiger charge is 2.10. The van der Waals surface area contributed by atoms with Crippen molar-refractivity contribution in [2.75, 3.05) is 25.3 Å². The Labute approximate surface area is 141 Å². The largest absolute Gasteiger partial charge is 0.497 e. The molecule has 1 amide bonds. The predicted octanol–water partition coefficient (Wildman–Crippen LogP) is 4.05. The average molecular weight is 331 g/mol. The summed E-state index contributed by atoms with van der Waals surface area (Å²) in [6, 6.07) is 11.5. The van der Waals surface area contributed by atoms with Crippen LogP contribution in [0, 0.1) is 13.8 Å². The number of anilines is 1. The van der Waals surface area contributed by atoms with Crippen molar-refractivity contribution in [3.05, 3.63) is 47.5 Å². The molecule has 0 saturated carbocycles. The lowest BCUT2D eigenvalue weighted by molar-refractivity contribution is -0.113. The summed E-state index contributed by atoms with van der Waals surface area (Å²) in [6.45, 7) is 4.14. The quantitative estimate of drug-likeness (QED) is 0.811. The minimum Gasteiger partial charge on any atom is -0.497 e. The molecule has 0 saturated heterocycles. The Balaban J connectivity index is 2.00. The molecular weight excluding hydrogens is 310 g/mol. The van der Waals surface area contributed by atoms with Gasteiger partial charge in [0.15, 0.2) is 0 Å². The highest BCUT2D eigenvalue weighted by atomic mass is 32.2. The second-order valence-corrected chi connectivity index (χ2v) is 6.20. The summed E-state index contributed by atoms with van der Waals surface area (Å²) in [4.78, 5) is 13.3. The third-order valence-electron chi connectivity index (χ3n) is 3.53. The molecule has 2 rings (SSSR count). The molecule has 0 aliphatic rings. The van der Waals surface area contributed by atoms with E-state index in [2.05, 4.69) is 31.3 Å². The van der Waals surface area contributed by atoms with Gasteiger partial charge in [-0.05, 0) is 49.2 Å². The van der Waals surface area contributed by atoms with E-state index in [9.17, 15) is 4.79 Å². The number of hydrogen-bond acceptors (Lipinski definition) is 4. The lowest BCUT2D eigenvalue weighted by atomic mass is 10.1. The van der Waals surface area contributed by atoms with Crippen molar-refractivity contribution in [1.82, 2.24) is 0 Å². The maximum Gasteiger partial charge on any atom is 0.234 e. The molecule has 0 aliphatic carbocycles. The summed E-state index contributed by atoms with van der Waals surface area (Å²) in [7, 11) is 3.16. The summed E-state index contributed by atoms with van der Waals surface area (Å²) in [6.07, 6.45) is 0. The highest BCUT2D eigenvalue weighted by Crippen LogP contribution is 2.29. The van der Waals surface area contributed by atoms with Crippen molar-refractivity contribution in [2.45, 2.75) is 18.7 Å². The SMILES string of the molecule is COc1ccc(OC)c(NC(=O)CSc2ccc(C)c(C)c2)c1. The molecule has 0 fully saturated rings. The van der Waals surface area contributed by atoms with Gasteiger partial charge < -0.3 is 14.8 Å². The molecular formula is C18H21NO3S. The maximum atomic E-state index is 12.2. The van der Waals surface area contributed by atoms with Crippen molar-refractivity contribution >= 4 is 23.4 Å². The van der Waals surface area contributed by atoms with Gasteiger partial charge in [0.2, 0.25) is 5.91 Å². The van der Waals surface area contributed by atoms with E-state index >= 15 is 0 Å². The molecule has 23 heavy (non-hydrogen) atoms. The Hall–Kier alpha value is -2.14. The first-order chi connectivity index (χ1) is 11.0. The Bertz CT molecular complexity index is 701. The van der Waals surface area contributed by atoms with Crippen molar-refractivity contribution in [2.24, 2.45) is 0 Å². The molecule has 122 valence electrons. The monoisotopic (exact) mass is 331 g/mol. The number of hydrogen-bond donors (Lipinski definition) is 1. The fourth-order valence-electron chi connectivity index (χ4n) is 2.05. The second-order valence-electron chi connectivity index (χ2n) is 5.15. The van der Waals surface area contributed by atoms with Gasteiger partial charge in [0.25, 0.3) is 0 Å². The number of benzene rings is 2. The summed E-state index contributed by atoms with van der Waals surface area (Å²) < 4.78 is 10.4. The Morgan fingerprint density at radius 1 is 1.04 bits per heavy atom. The number of aryl methyl sites for hydroxylation is 2. The number of rotatable bonds is 6. The van der Waals surface area contributed by atoms with Crippen LogP contribution in [-0.2, 0) is 4.79 Å². The minimum atomic E-state index is -0.0835. The number of methoxy groups -OCH3 is 2. The van der Waals surface area contributed by atoms with Gasteiger partial charge in [-0.1, -0.05) is 6.07 Å². The van der Waals surface area contributed by atoms with E-state index < -0.39 is 0 Å². The van der Waals surface area contributed by atoms with Crippen molar-refractivity contribution in [3.63, 3.8) is 0 Å². The zero-order valence-electron chi connectivity index (χ0n) is 13.8. The first-order valence-corrected chi connectivity index (χ1v) is 8.24. The zero-order chi connectivity index (χ0) is 16.8. The van der Waals surface area contributed by atoms with Crippen molar-refractivity contribution in [1.29, 1.82) is 0 Å². The number of carbonyl (C=O) groups excluding carboxylic acids is 1. The third-order valence-corrected chi connectivity index (χ3v) is 4.52. The minimum absolute atomic E-state index is 0.0835. The fourth-order valence-corrected chi connectivity index (χ4v) is 2.84. The highest BCUT2D eigenvalue weighted by molar-refractivity contribution is 8.00. The van der Waals surface area contributed by atoms with Gasteiger partial charge in [0.1, 0.15) is 11.5 Å². The zero-order valence-corrected chi connectivity index (χ0v) is 14.6. The van der Waals surface area contributed by atoms with Crippen LogP contribution in [0.2, 0.25) is 0 Å². The molecule has 2 aromatic rings. The van der Waals surface area contributed by atoms with Gasteiger partial charge >= 0.3 is 0 Å². The molecule has 0 spiro atoms. The average Bonchev–Trinajstić information content (AvgIpc) is 2.55. The van der Waals surface area contributed by atoms with E-state index in [0.29, 0.717) is 22.9 Å². The lowest BCUT2D eigenvalue weighted by Crippen LogP contribution is -2.14. The molecule has 0 aliphatic heterocycles. The van der Waals surface area contributed by atoms with Crippen LogP contribution in [0.1, 0.15) is 11.1 Å². The van der Waals surface area contributed by atoms with Gasteiger partial charge in [-0.15, -0.1) is 11.8 Å². The summed E-state index contributed by atoms with van der Waals surface area (Å²) in [5.41, 5.74) is 3.09. The summed E-state index contributed by atoms with van der Waals surface area (Å²) >= 11 is 1.51. The van der Waals surface area contributed by atoms with E-state index in [-0.39, 0.29) is 5.91 Å². The van der Waals surface area contributed by atoms with Crippen LogP contribution in [0.25, 0.3) is 0 Å². The Morgan fingerprint density at radius 3 is 2.48 bits per heavy atom. The summed E-state index contributed by atoms with van der Waals surface area (Å²) in [5, 5.41) is 2.87. The van der Waals surface area contributed by atoms with Crippen LogP contribution < -0.4 is 14.8 Å². The molecule has 0 heterocycles. The number of amides is 1. The number of ether oxygens (including phenoxy) is 2. The van der Waals surface area contributed by atoms with Gasteiger partial charge in [-0.2, -0.15) is 0 Å². The first kappa shape index (κ1) is 17.2. The molecule has 1 N–H and O–H groups in total. The molecule has 4 nitrogen and oxygen atoms in total. The van der Waals surface area contributed by atoms with Crippen molar-refractivity contribution in [3.8, 4) is 11.5 Å². The van der Waals surface area contributed by atoms with Crippen LogP contribution in [-0.4, -0.2) is 25.9 Å². The molecule has 2 aromatic carbocycles. The Morgan fingerprint density at radius 2 is 1.83 bits per heavy atom. The molecule has 0 unspecified atom stereocenters. The van der Waals surface area contributed by atoms with E-state index in [4.69, 9.17) is 9.47 Å². The summed E-state index contributed by atoms with van der Waals surface area (Å²) in [5.74, 6) is 1.53. The van der Waals surface area contributed by atoms with Crippen molar-refractivity contribution < 1.29 is 14.3 Å². The first-order valence-electron chi connectivity index (χ1n) is 7.25. The normalized spacial score (nSPS) is 10.3. The van der Waals surface area contributed by atoms with Crippen LogP contribution in [0.15, 0.2) is 41.3 Å². The van der Waals surface area contributed by atoms with Gasteiger partial charge in [-0.25, -0.2) is 0 Å². The van der Waals surface area contributed by atoms with Crippen LogP contribution >= 0.6 is 11.8 Å². The van der Waals surface area contributed by atoms with E-state index in [1.807, 2.05) is 6.07 Å². The fraction of sp³-hybridized carbons (Fsp3) is 0.278. The molecule has 0 aromatic heterocycles. The standard InChI is InChI=1S/C18H21NO3S/c1-12-5-7-15(9-13(12)2)23-11-18(20)19-16-10-14(21-3)6-8-17(16)22-4/h5-10H,11H2,1-4H3,(H,19,20). The molecule has 0 radical (unpaired) electrons. The van der Waals surface area contributed by atoms with Gasteiger partial charge in [0.05, 0.1) is 25.7 Å². The Kier molecular flexibility index (Phi) is 5.93. The van der Waals surface area contributed by atoms with E-state index in [1.165, 1.54) is 22.9 Å². The number of nitrogens with one attached hydrogen (secondary N) is 1. The van der Waals surface area contributed by atoms with E-state index in [0.717, 1.165) is 4.90 Å². The topological polar surface area (TPSA) is 47.6 Å². The number of carbonyl (C=O) groups is 1. The lowest BCUT2D eigenvalue weighted by Gasteiger charge is -2.12. The maximum absolute atomic E-state index is 12.2. The van der Waals surface area contributed by atoms with Crippen LogP contribution in [0.5, 0.6) is 11.5 Å². The molecule has 5 heteroatoms. The smallest absolute Gasteiger partial charge is 0.234 e. The number of thioether (sulfide) groups is 1. The van der Waals surface area contributed by atoms with Crippen LogP contribution in [0.4, 0.5) is 5.69 Å². The van der Waals surface area contributed by atoms with E-state index in [1.54, 1.807) is 32.4 Å². The molecule has 0 atom stereocenters. The molecule has 0 bridgehead atoms. The predicted molar refractivity (Wildman–Crippen MR) is 94.8 cm³/mol. The third kappa shape index (κ3) is 4.66. The van der Waals surface area contributed by atoms with Gasteiger partial charge in [0, 0.05) is 11.0 Å². The van der Waals surface area contributed by atoms with Crippen LogP contribution in [0.3, 0.4) is 0 Å². The van der Waals surface area contributed by atoms with Gasteiger partial charge in [-0.3, -0.25) is 4.79 Å².